The first-order valence-corrected chi connectivity index (χ1v) is 6.20. The molecule has 1 aromatic heterocycles. The SMILES string of the molecule is N=c1cc(-c2ccccc2Br)nc2n1CCN2. The van der Waals surface area contributed by atoms with Crippen LogP contribution in [-0.4, -0.2) is 16.1 Å². The van der Waals surface area contributed by atoms with Gasteiger partial charge in [0.1, 0.15) is 5.49 Å². The van der Waals surface area contributed by atoms with Crippen molar-refractivity contribution in [3.05, 3.63) is 40.3 Å². The Morgan fingerprint density at radius 2 is 2.18 bits per heavy atom. The predicted octanol–water partition coefficient (Wildman–Crippen LogP) is 2.22. The van der Waals surface area contributed by atoms with Gasteiger partial charge in [-0.2, -0.15) is 0 Å². The Bertz CT molecular complexity index is 633. The molecule has 0 saturated heterocycles. The molecule has 5 heteroatoms. The summed E-state index contributed by atoms with van der Waals surface area (Å²) in [7, 11) is 0. The van der Waals surface area contributed by atoms with Gasteiger partial charge in [0.25, 0.3) is 0 Å². The molecule has 0 fully saturated rings. The summed E-state index contributed by atoms with van der Waals surface area (Å²) in [4.78, 5) is 4.55. The van der Waals surface area contributed by atoms with Gasteiger partial charge in [-0.25, -0.2) is 4.98 Å². The number of hydrogen-bond donors (Lipinski definition) is 2. The number of benzene rings is 1. The largest absolute Gasteiger partial charge is 0.354 e. The Morgan fingerprint density at radius 1 is 1.35 bits per heavy atom. The van der Waals surface area contributed by atoms with Gasteiger partial charge in [0, 0.05) is 29.2 Å². The molecule has 0 saturated carbocycles. The Hall–Kier alpha value is -1.62. The fourth-order valence-corrected chi connectivity index (χ4v) is 2.46. The summed E-state index contributed by atoms with van der Waals surface area (Å²) in [5.74, 6) is 0.781. The van der Waals surface area contributed by atoms with Crippen molar-refractivity contribution in [2.75, 3.05) is 11.9 Å². The van der Waals surface area contributed by atoms with Gasteiger partial charge < -0.3 is 5.32 Å². The summed E-state index contributed by atoms with van der Waals surface area (Å²) in [6.07, 6.45) is 0. The minimum absolute atomic E-state index is 0.491. The lowest BCUT2D eigenvalue weighted by Gasteiger charge is -2.07. The summed E-state index contributed by atoms with van der Waals surface area (Å²) in [6, 6.07) is 9.72. The van der Waals surface area contributed by atoms with E-state index in [-0.39, 0.29) is 0 Å². The van der Waals surface area contributed by atoms with Crippen LogP contribution in [0.2, 0.25) is 0 Å². The topological polar surface area (TPSA) is 53.7 Å². The normalized spacial score (nSPS) is 13.2. The molecule has 2 N–H and O–H groups in total. The molecule has 1 aliphatic rings. The van der Waals surface area contributed by atoms with Gasteiger partial charge >= 0.3 is 0 Å². The third kappa shape index (κ3) is 1.76. The maximum atomic E-state index is 7.98. The van der Waals surface area contributed by atoms with Crippen LogP contribution in [0.3, 0.4) is 0 Å². The number of aromatic nitrogens is 2. The fraction of sp³-hybridized carbons (Fsp3) is 0.167. The molecule has 0 unspecified atom stereocenters. The van der Waals surface area contributed by atoms with E-state index in [0.29, 0.717) is 5.49 Å². The van der Waals surface area contributed by atoms with Crippen molar-refractivity contribution >= 4 is 21.9 Å². The molecule has 86 valence electrons. The lowest BCUT2D eigenvalue weighted by Crippen LogP contribution is -2.18. The minimum atomic E-state index is 0.491. The second-order valence-corrected chi connectivity index (χ2v) is 4.76. The van der Waals surface area contributed by atoms with Crippen LogP contribution in [0.5, 0.6) is 0 Å². The molecule has 3 rings (SSSR count). The van der Waals surface area contributed by atoms with Gasteiger partial charge in [-0.1, -0.05) is 34.1 Å². The Kier molecular flexibility index (Phi) is 2.48. The third-order valence-corrected chi connectivity index (χ3v) is 3.51. The zero-order valence-corrected chi connectivity index (χ0v) is 10.7. The van der Waals surface area contributed by atoms with E-state index in [1.54, 1.807) is 6.07 Å². The quantitative estimate of drug-likeness (QED) is 0.846. The molecule has 0 spiro atoms. The number of halogens is 1. The van der Waals surface area contributed by atoms with E-state index in [4.69, 9.17) is 5.41 Å². The number of hydrogen-bond acceptors (Lipinski definition) is 3. The highest BCUT2D eigenvalue weighted by Crippen LogP contribution is 2.26. The maximum absolute atomic E-state index is 7.98. The lowest BCUT2D eigenvalue weighted by atomic mass is 10.1. The summed E-state index contributed by atoms with van der Waals surface area (Å²) in [5.41, 5.74) is 2.33. The molecule has 0 atom stereocenters. The molecule has 0 amide bonds. The van der Waals surface area contributed by atoms with Crippen molar-refractivity contribution in [3.8, 4) is 11.3 Å². The van der Waals surface area contributed by atoms with Crippen molar-refractivity contribution in [1.29, 1.82) is 5.41 Å². The lowest BCUT2D eigenvalue weighted by molar-refractivity contribution is 0.735. The molecule has 0 aliphatic carbocycles. The van der Waals surface area contributed by atoms with Crippen LogP contribution in [-0.2, 0) is 6.54 Å². The molecule has 1 aliphatic heterocycles. The van der Waals surface area contributed by atoms with Crippen molar-refractivity contribution in [1.82, 2.24) is 9.55 Å². The summed E-state index contributed by atoms with van der Waals surface area (Å²) in [5, 5.41) is 11.2. The number of fused-ring (bicyclic) bond motifs is 1. The van der Waals surface area contributed by atoms with Crippen LogP contribution < -0.4 is 10.8 Å². The molecule has 2 aromatic rings. The average molecular weight is 291 g/mol. The maximum Gasteiger partial charge on any atom is 0.205 e. The van der Waals surface area contributed by atoms with Gasteiger partial charge in [0.05, 0.1) is 5.69 Å². The fourth-order valence-electron chi connectivity index (χ4n) is 1.98. The second kappa shape index (κ2) is 4.00. The monoisotopic (exact) mass is 290 g/mol. The van der Waals surface area contributed by atoms with E-state index < -0.39 is 0 Å². The molecule has 2 heterocycles. The van der Waals surface area contributed by atoms with Crippen LogP contribution in [0.15, 0.2) is 34.8 Å². The minimum Gasteiger partial charge on any atom is -0.354 e. The Morgan fingerprint density at radius 3 is 3.00 bits per heavy atom. The molecular weight excluding hydrogens is 280 g/mol. The molecule has 0 bridgehead atoms. The van der Waals surface area contributed by atoms with E-state index in [0.717, 1.165) is 34.8 Å². The number of anilines is 1. The second-order valence-electron chi connectivity index (χ2n) is 3.91. The molecule has 4 nitrogen and oxygen atoms in total. The molecule has 1 aromatic carbocycles. The van der Waals surface area contributed by atoms with E-state index in [1.165, 1.54) is 0 Å². The van der Waals surface area contributed by atoms with Gasteiger partial charge in [0.15, 0.2) is 0 Å². The molecule has 17 heavy (non-hydrogen) atoms. The number of nitrogens with zero attached hydrogens (tertiary/aromatic N) is 2. The third-order valence-electron chi connectivity index (χ3n) is 2.81. The van der Waals surface area contributed by atoms with Gasteiger partial charge in [-0.15, -0.1) is 0 Å². The van der Waals surface area contributed by atoms with Gasteiger partial charge in [0.2, 0.25) is 5.95 Å². The first-order chi connectivity index (χ1) is 8.25. The van der Waals surface area contributed by atoms with Crippen molar-refractivity contribution in [2.45, 2.75) is 6.54 Å². The van der Waals surface area contributed by atoms with Crippen LogP contribution in [0.1, 0.15) is 0 Å². The zero-order valence-electron chi connectivity index (χ0n) is 9.07. The number of rotatable bonds is 1. The summed E-state index contributed by atoms with van der Waals surface area (Å²) >= 11 is 3.51. The highest BCUT2D eigenvalue weighted by atomic mass is 79.9. The van der Waals surface area contributed by atoms with Crippen molar-refractivity contribution in [3.63, 3.8) is 0 Å². The predicted molar refractivity (Wildman–Crippen MR) is 69.7 cm³/mol. The van der Waals surface area contributed by atoms with Gasteiger partial charge in [-0.05, 0) is 6.07 Å². The van der Waals surface area contributed by atoms with E-state index in [1.807, 2.05) is 28.8 Å². The summed E-state index contributed by atoms with van der Waals surface area (Å²) < 4.78 is 2.87. The molecule has 0 radical (unpaired) electrons. The van der Waals surface area contributed by atoms with Crippen LogP contribution >= 0.6 is 15.9 Å². The van der Waals surface area contributed by atoms with Gasteiger partial charge in [-0.3, -0.25) is 9.98 Å². The average Bonchev–Trinajstić information content (AvgIpc) is 2.78. The Labute approximate surface area is 107 Å². The highest BCUT2D eigenvalue weighted by Gasteiger charge is 2.13. The standard InChI is InChI=1S/C12H11BrN4/c13-9-4-2-1-3-8(9)10-7-11(14)17-6-5-15-12(17)16-10/h1-4,7,14H,5-6H2,(H,15,16). The first-order valence-electron chi connectivity index (χ1n) is 5.41. The van der Waals surface area contributed by atoms with Crippen LogP contribution in [0.25, 0.3) is 11.3 Å². The van der Waals surface area contributed by atoms with Crippen molar-refractivity contribution < 1.29 is 0 Å². The first kappa shape index (κ1) is 10.5. The summed E-state index contributed by atoms with van der Waals surface area (Å²) in [6.45, 7) is 1.66. The number of nitrogens with one attached hydrogen (secondary N) is 2. The van der Waals surface area contributed by atoms with E-state index >= 15 is 0 Å². The smallest absolute Gasteiger partial charge is 0.205 e. The Balaban J connectivity index is 2.20. The van der Waals surface area contributed by atoms with E-state index in [9.17, 15) is 0 Å². The highest BCUT2D eigenvalue weighted by molar-refractivity contribution is 9.10. The van der Waals surface area contributed by atoms with Crippen LogP contribution in [0, 0.1) is 5.41 Å². The van der Waals surface area contributed by atoms with Crippen molar-refractivity contribution in [2.24, 2.45) is 0 Å². The van der Waals surface area contributed by atoms with Crippen LogP contribution in [0.4, 0.5) is 5.95 Å². The van der Waals surface area contributed by atoms with E-state index in [2.05, 4.69) is 26.2 Å². The molecular formula is C12H11BrN4. The zero-order chi connectivity index (χ0) is 11.8.